The highest BCUT2D eigenvalue weighted by atomic mass is 35.5. The maximum absolute atomic E-state index is 12.6. The molecule has 1 aromatic carbocycles. The van der Waals surface area contributed by atoms with Gasteiger partial charge in [0.2, 0.25) is 0 Å². The molecule has 0 unspecified atom stereocenters. The lowest BCUT2D eigenvalue weighted by Gasteiger charge is -2.08. The van der Waals surface area contributed by atoms with Crippen molar-refractivity contribution >= 4 is 23.2 Å². The van der Waals surface area contributed by atoms with Gasteiger partial charge in [-0.3, -0.25) is 9.59 Å². The molecule has 0 radical (unpaired) electrons. The summed E-state index contributed by atoms with van der Waals surface area (Å²) < 4.78 is 8.05. The molecule has 140 valence electrons. The first-order chi connectivity index (χ1) is 13.0. The Morgan fingerprint density at radius 2 is 2.00 bits per heavy atom. The summed E-state index contributed by atoms with van der Waals surface area (Å²) in [6.45, 7) is 2.60. The average Bonchev–Trinajstić information content (AvgIpc) is 3.04. The van der Waals surface area contributed by atoms with Crippen LogP contribution >= 0.6 is 11.6 Å². The minimum Gasteiger partial charge on any atom is -0.383 e. The molecule has 0 atom stereocenters. The van der Waals surface area contributed by atoms with Gasteiger partial charge in [0.15, 0.2) is 5.69 Å². The Kier molecular flexibility index (Phi) is 5.73. The summed E-state index contributed by atoms with van der Waals surface area (Å²) in [5, 5.41) is 7.67. The Hall–Kier alpha value is -2.90. The number of methoxy groups -OCH3 is 1. The Morgan fingerprint density at radius 3 is 2.74 bits per heavy atom. The quantitative estimate of drug-likeness (QED) is 0.706. The minimum absolute atomic E-state index is 0.163. The number of nitrogens with zero attached hydrogens (tertiary/aromatic N) is 3. The van der Waals surface area contributed by atoms with Gasteiger partial charge in [-0.1, -0.05) is 23.7 Å². The molecule has 8 heteroatoms. The Balaban J connectivity index is 1.83. The zero-order valence-electron chi connectivity index (χ0n) is 15.0. The molecule has 0 bridgehead atoms. The van der Waals surface area contributed by atoms with E-state index >= 15 is 0 Å². The van der Waals surface area contributed by atoms with Gasteiger partial charge in [-0.2, -0.15) is 5.10 Å². The van der Waals surface area contributed by atoms with Crippen LogP contribution in [0.2, 0.25) is 5.02 Å². The number of hydrogen-bond donors (Lipinski definition) is 1. The van der Waals surface area contributed by atoms with E-state index < -0.39 is 0 Å². The van der Waals surface area contributed by atoms with Crippen LogP contribution in [0.25, 0.3) is 5.69 Å². The van der Waals surface area contributed by atoms with Gasteiger partial charge in [0.1, 0.15) is 0 Å². The van der Waals surface area contributed by atoms with Crippen molar-refractivity contribution in [1.82, 2.24) is 14.3 Å². The second kappa shape index (κ2) is 8.20. The highest BCUT2D eigenvalue weighted by Crippen LogP contribution is 2.21. The summed E-state index contributed by atoms with van der Waals surface area (Å²) in [7, 11) is 1.56. The molecule has 1 N–H and O–H groups in total. The van der Waals surface area contributed by atoms with Crippen LogP contribution in [0.5, 0.6) is 0 Å². The Bertz CT molecular complexity index is 1030. The number of nitrogens with one attached hydrogen (secondary N) is 1. The highest BCUT2D eigenvalue weighted by molar-refractivity contribution is 6.32. The van der Waals surface area contributed by atoms with Crippen LogP contribution in [0.15, 0.2) is 53.6 Å². The van der Waals surface area contributed by atoms with E-state index in [1.54, 1.807) is 43.2 Å². The van der Waals surface area contributed by atoms with Crippen LogP contribution in [-0.2, 0) is 11.3 Å². The maximum atomic E-state index is 12.6. The number of aromatic nitrogens is 3. The Morgan fingerprint density at radius 1 is 1.22 bits per heavy atom. The fourth-order valence-electron chi connectivity index (χ4n) is 2.61. The van der Waals surface area contributed by atoms with E-state index in [2.05, 4.69) is 10.4 Å². The SMILES string of the molecule is COCCn1cc(NC(=O)c2nn(-c3ccccc3Cl)cc2C)ccc1=O. The van der Waals surface area contributed by atoms with Crippen LogP contribution in [0.3, 0.4) is 0 Å². The molecule has 1 amide bonds. The van der Waals surface area contributed by atoms with Crippen LogP contribution < -0.4 is 10.9 Å². The number of carbonyl (C=O) groups is 1. The van der Waals surface area contributed by atoms with E-state index in [0.29, 0.717) is 35.1 Å². The lowest BCUT2D eigenvalue weighted by Crippen LogP contribution is -2.22. The van der Waals surface area contributed by atoms with E-state index in [0.717, 1.165) is 0 Å². The molecule has 3 aromatic rings. The van der Waals surface area contributed by atoms with Crippen molar-refractivity contribution in [3.63, 3.8) is 0 Å². The van der Waals surface area contributed by atoms with E-state index in [-0.39, 0.29) is 17.2 Å². The van der Waals surface area contributed by atoms with E-state index in [4.69, 9.17) is 16.3 Å². The summed E-state index contributed by atoms with van der Waals surface area (Å²) in [5.74, 6) is -0.366. The number of aryl methyl sites for hydroxylation is 1. The third kappa shape index (κ3) is 4.27. The van der Waals surface area contributed by atoms with Crippen molar-refractivity contribution in [1.29, 1.82) is 0 Å². The van der Waals surface area contributed by atoms with Crippen molar-refractivity contribution in [3.05, 3.63) is 75.4 Å². The molecule has 0 saturated carbocycles. The first-order valence-electron chi connectivity index (χ1n) is 8.31. The maximum Gasteiger partial charge on any atom is 0.276 e. The number of rotatable bonds is 6. The summed E-state index contributed by atoms with van der Waals surface area (Å²) in [6, 6.07) is 10.2. The topological polar surface area (TPSA) is 78.2 Å². The van der Waals surface area contributed by atoms with Crippen molar-refractivity contribution in [2.75, 3.05) is 19.0 Å². The normalized spacial score (nSPS) is 10.8. The van der Waals surface area contributed by atoms with Gasteiger partial charge in [0, 0.05) is 37.7 Å². The molecule has 2 aromatic heterocycles. The van der Waals surface area contributed by atoms with Gasteiger partial charge in [0.05, 0.1) is 23.0 Å². The molecular formula is C19H19ClN4O3. The number of para-hydroxylation sites is 1. The first-order valence-corrected chi connectivity index (χ1v) is 8.69. The number of carbonyl (C=O) groups excluding carboxylic acids is 1. The number of amides is 1. The molecule has 27 heavy (non-hydrogen) atoms. The fraction of sp³-hybridized carbons (Fsp3) is 0.211. The number of benzene rings is 1. The zero-order chi connectivity index (χ0) is 19.4. The predicted octanol–water partition coefficient (Wildman–Crippen LogP) is 2.89. The van der Waals surface area contributed by atoms with E-state index in [1.807, 2.05) is 18.2 Å². The second-order valence-electron chi connectivity index (χ2n) is 5.95. The second-order valence-corrected chi connectivity index (χ2v) is 6.36. The number of anilines is 1. The molecule has 0 fully saturated rings. The van der Waals surface area contributed by atoms with Crippen molar-refractivity contribution in [2.45, 2.75) is 13.5 Å². The monoisotopic (exact) mass is 386 g/mol. The van der Waals surface area contributed by atoms with Gasteiger partial charge in [-0.05, 0) is 25.1 Å². The minimum atomic E-state index is -0.366. The van der Waals surface area contributed by atoms with Gasteiger partial charge < -0.3 is 14.6 Å². The average molecular weight is 387 g/mol. The number of hydrogen-bond acceptors (Lipinski definition) is 4. The summed E-state index contributed by atoms with van der Waals surface area (Å²) in [5.41, 5.74) is 2.02. The standard InChI is InChI=1S/C19H19ClN4O3/c1-13-11-24(16-6-4-3-5-15(16)20)22-18(13)19(26)21-14-7-8-17(25)23(12-14)9-10-27-2/h3-8,11-12H,9-10H2,1-2H3,(H,21,26). The van der Waals surface area contributed by atoms with Crippen LogP contribution in [-0.4, -0.2) is 34.0 Å². The molecule has 0 spiro atoms. The van der Waals surface area contributed by atoms with Gasteiger partial charge in [-0.15, -0.1) is 0 Å². The smallest absolute Gasteiger partial charge is 0.276 e. The third-order valence-electron chi connectivity index (χ3n) is 3.99. The van der Waals surface area contributed by atoms with Crippen LogP contribution in [0.1, 0.15) is 16.1 Å². The third-order valence-corrected chi connectivity index (χ3v) is 4.31. The lowest BCUT2D eigenvalue weighted by molar-refractivity contribution is 0.102. The zero-order valence-corrected chi connectivity index (χ0v) is 15.7. The van der Waals surface area contributed by atoms with Gasteiger partial charge >= 0.3 is 0 Å². The van der Waals surface area contributed by atoms with Crippen LogP contribution in [0, 0.1) is 6.92 Å². The van der Waals surface area contributed by atoms with Crippen molar-refractivity contribution < 1.29 is 9.53 Å². The van der Waals surface area contributed by atoms with Gasteiger partial charge in [-0.25, -0.2) is 4.68 Å². The molecule has 0 aliphatic carbocycles. The van der Waals surface area contributed by atoms with Crippen molar-refractivity contribution in [3.8, 4) is 5.69 Å². The first kappa shape index (κ1) is 18.9. The van der Waals surface area contributed by atoms with Crippen LogP contribution in [0.4, 0.5) is 5.69 Å². The summed E-state index contributed by atoms with van der Waals surface area (Å²) in [6.07, 6.45) is 3.33. The molecule has 0 aliphatic heterocycles. The van der Waals surface area contributed by atoms with Crippen molar-refractivity contribution in [2.24, 2.45) is 0 Å². The lowest BCUT2D eigenvalue weighted by atomic mass is 10.2. The largest absolute Gasteiger partial charge is 0.383 e. The number of pyridine rings is 1. The van der Waals surface area contributed by atoms with Gasteiger partial charge in [0.25, 0.3) is 11.5 Å². The van der Waals surface area contributed by atoms with E-state index in [1.165, 1.54) is 10.6 Å². The predicted molar refractivity (Wildman–Crippen MR) is 104 cm³/mol. The molecule has 7 nitrogen and oxygen atoms in total. The summed E-state index contributed by atoms with van der Waals surface area (Å²) >= 11 is 6.20. The fourth-order valence-corrected chi connectivity index (χ4v) is 2.83. The molecular weight excluding hydrogens is 368 g/mol. The van der Waals surface area contributed by atoms with E-state index in [9.17, 15) is 9.59 Å². The highest BCUT2D eigenvalue weighted by Gasteiger charge is 2.16. The Labute approximate surface area is 161 Å². The molecule has 0 saturated heterocycles. The number of halogens is 1. The summed E-state index contributed by atoms with van der Waals surface area (Å²) in [4.78, 5) is 24.5. The molecule has 0 aliphatic rings. The number of ether oxygens (including phenoxy) is 1. The molecule has 3 rings (SSSR count). The molecule has 2 heterocycles.